The number of methoxy groups -OCH3 is 1. The van der Waals surface area contributed by atoms with E-state index in [4.69, 9.17) is 4.74 Å². The highest BCUT2D eigenvalue weighted by atomic mass is 16.5. The number of carbonyl (C=O) groups excluding carboxylic acids is 2. The van der Waals surface area contributed by atoms with Crippen LogP contribution in [0.2, 0.25) is 0 Å². The summed E-state index contributed by atoms with van der Waals surface area (Å²) in [6.45, 7) is 2.96. The lowest BCUT2D eigenvalue weighted by Gasteiger charge is -2.32. The van der Waals surface area contributed by atoms with Crippen LogP contribution < -0.4 is 10.1 Å². The van der Waals surface area contributed by atoms with Crippen molar-refractivity contribution in [3.8, 4) is 5.75 Å². The number of ether oxygens (including phenoxy) is 1. The molecule has 1 amide bonds. The average Bonchev–Trinajstić information content (AvgIpc) is 2.76. The van der Waals surface area contributed by atoms with Crippen LogP contribution in [0.25, 0.3) is 0 Å². The predicted molar refractivity (Wildman–Crippen MR) is 114 cm³/mol. The Bertz CT molecular complexity index is 782. The van der Waals surface area contributed by atoms with Crippen LogP contribution >= 0.6 is 0 Å². The van der Waals surface area contributed by atoms with E-state index in [1.165, 1.54) is 5.56 Å². The predicted octanol–water partition coefficient (Wildman–Crippen LogP) is 3.83. The maximum Gasteiger partial charge on any atom is 0.220 e. The molecule has 0 aliphatic carbocycles. The number of nitrogens with zero attached hydrogens (tertiary/aromatic N) is 1. The van der Waals surface area contributed by atoms with Gasteiger partial charge < -0.3 is 10.1 Å². The molecule has 1 heterocycles. The molecule has 0 unspecified atom stereocenters. The number of hydrogen-bond donors (Lipinski definition) is 1. The van der Waals surface area contributed by atoms with Gasteiger partial charge in [0.05, 0.1) is 7.11 Å². The second-order valence-electron chi connectivity index (χ2n) is 7.61. The number of likely N-dealkylation sites (tertiary alicyclic amines) is 1. The van der Waals surface area contributed by atoms with Crippen molar-refractivity contribution >= 4 is 11.7 Å². The first kappa shape index (κ1) is 21.1. The summed E-state index contributed by atoms with van der Waals surface area (Å²) >= 11 is 0. The van der Waals surface area contributed by atoms with Crippen molar-refractivity contribution in [1.29, 1.82) is 0 Å². The number of nitrogens with one attached hydrogen (secondary N) is 1. The third-order valence-electron chi connectivity index (χ3n) is 5.42. The van der Waals surface area contributed by atoms with E-state index in [1.54, 1.807) is 31.4 Å². The molecule has 2 aromatic carbocycles. The van der Waals surface area contributed by atoms with Gasteiger partial charge in [-0.05, 0) is 49.1 Å². The lowest BCUT2D eigenvalue weighted by atomic mass is 10.0. The smallest absolute Gasteiger partial charge is 0.220 e. The SMILES string of the molecule is COc1ccc(C(=O)CCCC(=O)NC2CCN(Cc3ccccc3)CC2)cc1. The van der Waals surface area contributed by atoms with Gasteiger partial charge in [-0.1, -0.05) is 30.3 Å². The number of benzene rings is 2. The molecule has 0 radical (unpaired) electrons. The summed E-state index contributed by atoms with van der Waals surface area (Å²) in [7, 11) is 1.60. The average molecular weight is 395 g/mol. The highest BCUT2D eigenvalue weighted by Gasteiger charge is 2.20. The van der Waals surface area contributed by atoms with Gasteiger partial charge in [0.15, 0.2) is 5.78 Å². The van der Waals surface area contributed by atoms with E-state index >= 15 is 0 Å². The van der Waals surface area contributed by atoms with Crippen LogP contribution in [0, 0.1) is 0 Å². The van der Waals surface area contributed by atoms with Crippen molar-refractivity contribution in [3.63, 3.8) is 0 Å². The minimum atomic E-state index is 0.0500. The summed E-state index contributed by atoms with van der Waals surface area (Å²) in [6.07, 6.45) is 3.30. The summed E-state index contributed by atoms with van der Waals surface area (Å²) in [6, 6.07) is 17.8. The molecule has 0 bridgehead atoms. The fraction of sp³-hybridized carbons (Fsp3) is 0.417. The normalized spacial score (nSPS) is 15.1. The third-order valence-corrected chi connectivity index (χ3v) is 5.42. The van der Waals surface area contributed by atoms with Gasteiger partial charge in [0.1, 0.15) is 5.75 Å². The number of amides is 1. The Kier molecular flexibility index (Phi) is 7.82. The highest BCUT2D eigenvalue weighted by molar-refractivity contribution is 5.96. The first-order chi connectivity index (χ1) is 14.1. The van der Waals surface area contributed by atoms with E-state index in [-0.39, 0.29) is 17.7 Å². The molecule has 5 nitrogen and oxygen atoms in total. The van der Waals surface area contributed by atoms with E-state index in [0.717, 1.165) is 38.2 Å². The van der Waals surface area contributed by atoms with Crippen molar-refractivity contribution in [2.75, 3.05) is 20.2 Å². The van der Waals surface area contributed by atoms with Crippen molar-refractivity contribution in [1.82, 2.24) is 10.2 Å². The van der Waals surface area contributed by atoms with Crippen molar-refractivity contribution in [2.24, 2.45) is 0 Å². The van der Waals surface area contributed by atoms with Crippen molar-refractivity contribution in [3.05, 3.63) is 65.7 Å². The summed E-state index contributed by atoms with van der Waals surface area (Å²) in [5.41, 5.74) is 1.99. The van der Waals surface area contributed by atoms with Crippen LogP contribution in [0.1, 0.15) is 48.0 Å². The second-order valence-corrected chi connectivity index (χ2v) is 7.61. The van der Waals surface area contributed by atoms with Gasteiger partial charge in [-0.15, -0.1) is 0 Å². The lowest BCUT2D eigenvalue weighted by Crippen LogP contribution is -2.44. The van der Waals surface area contributed by atoms with Gasteiger partial charge in [0.25, 0.3) is 0 Å². The first-order valence-corrected chi connectivity index (χ1v) is 10.4. The van der Waals surface area contributed by atoms with Gasteiger partial charge in [-0.2, -0.15) is 0 Å². The Labute approximate surface area is 173 Å². The number of ketones is 1. The van der Waals surface area contributed by atoms with E-state index in [2.05, 4.69) is 34.5 Å². The molecule has 3 rings (SSSR count). The minimum absolute atomic E-state index is 0.0500. The van der Waals surface area contributed by atoms with Crippen LogP contribution in [0.5, 0.6) is 5.75 Å². The van der Waals surface area contributed by atoms with Crippen LogP contribution in [0.15, 0.2) is 54.6 Å². The van der Waals surface area contributed by atoms with Gasteiger partial charge in [-0.25, -0.2) is 0 Å². The molecule has 1 aliphatic heterocycles. The van der Waals surface area contributed by atoms with Crippen LogP contribution in [0.4, 0.5) is 0 Å². The maximum absolute atomic E-state index is 12.2. The molecule has 1 aliphatic rings. The first-order valence-electron chi connectivity index (χ1n) is 10.4. The molecule has 0 spiro atoms. The molecule has 0 atom stereocenters. The molecule has 154 valence electrons. The third kappa shape index (κ3) is 6.71. The molecule has 1 fully saturated rings. The second kappa shape index (κ2) is 10.8. The summed E-state index contributed by atoms with van der Waals surface area (Å²) in [5.74, 6) is 0.847. The quantitative estimate of drug-likeness (QED) is 0.657. The maximum atomic E-state index is 12.2. The zero-order valence-corrected chi connectivity index (χ0v) is 17.1. The molecule has 0 aromatic heterocycles. The summed E-state index contributed by atoms with van der Waals surface area (Å²) in [4.78, 5) is 26.9. The Morgan fingerprint density at radius 2 is 1.69 bits per heavy atom. The fourth-order valence-corrected chi connectivity index (χ4v) is 3.71. The Morgan fingerprint density at radius 1 is 1.00 bits per heavy atom. The molecular formula is C24H30N2O3. The van der Waals surface area contributed by atoms with E-state index in [1.807, 2.05) is 6.07 Å². The van der Waals surface area contributed by atoms with Crippen LogP contribution in [-0.4, -0.2) is 42.8 Å². The standard InChI is InChI=1S/C24H30N2O3/c1-29-22-12-10-20(11-13-22)23(27)8-5-9-24(28)25-21-14-16-26(17-15-21)18-19-6-3-2-4-7-19/h2-4,6-7,10-13,21H,5,8-9,14-18H2,1H3,(H,25,28). The highest BCUT2D eigenvalue weighted by Crippen LogP contribution is 2.15. The largest absolute Gasteiger partial charge is 0.497 e. The summed E-state index contributed by atoms with van der Waals surface area (Å²) in [5, 5.41) is 3.14. The molecule has 0 saturated carbocycles. The summed E-state index contributed by atoms with van der Waals surface area (Å²) < 4.78 is 5.10. The topological polar surface area (TPSA) is 58.6 Å². The molecule has 1 saturated heterocycles. The van der Waals surface area contributed by atoms with Gasteiger partial charge in [-0.3, -0.25) is 14.5 Å². The Balaban J connectivity index is 1.32. The molecule has 1 N–H and O–H groups in total. The van der Waals surface area contributed by atoms with Gasteiger partial charge >= 0.3 is 0 Å². The number of rotatable bonds is 9. The Morgan fingerprint density at radius 3 is 2.34 bits per heavy atom. The fourth-order valence-electron chi connectivity index (χ4n) is 3.71. The van der Waals surface area contributed by atoms with E-state index in [0.29, 0.717) is 24.8 Å². The lowest BCUT2D eigenvalue weighted by molar-refractivity contribution is -0.122. The van der Waals surface area contributed by atoms with E-state index in [9.17, 15) is 9.59 Å². The minimum Gasteiger partial charge on any atom is -0.497 e. The van der Waals surface area contributed by atoms with Gasteiger partial charge in [0, 0.05) is 44.1 Å². The van der Waals surface area contributed by atoms with Crippen LogP contribution in [0.3, 0.4) is 0 Å². The Hall–Kier alpha value is -2.66. The van der Waals surface area contributed by atoms with Crippen molar-refractivity contribution in [2.45, 2.75) is 44.7 Å². The number of carbonyl (C=O) groups is 2. The number of hydrogen-bond acceptors (Lipinski definition) is 4. The number of Topliss-reactive ketones (excluding diaryl/α,β-unsaturated/α-hetero) is 1. The molecule has 29 heavy (non-hydrogen) atoms. The molecule has 5 heteroatoms. The van der Waals surface area contributed by atoms with Crippen LogP contribution in [-0.2, 0) is 11.3 Å². The monoisotopic (exact) mass is 394 g/mol. The molecule has 2 aromatic rings. The van der Waals surface area contributed by atoms with E-state index < -0.39 is 0 Å². The zero-order chi connectivity index (χ0) is 20.5. The zero-order valence-electron chi connectivity index (χ0n) is 17.1. The van der Waals surface area contributed by atoms with Gasteiger partial charge in [0.2, 0.25) is 5.91 Å². The van der Waals surface area contributed by atoms with Crippen molar-refractivity contribution < 1.29 is 14.3 Å². The molecular weight excluding hydrogens is 364 g/mol. The number of piperidine rings is 1.